The van der Waals surface area contributed by atoms with Crippen LogP contribution in [-0.2, 0) is 9.53 Å². The van der Waals surface area contributed by atoms with Crippen molar-refractivity contribution in [3.8, 4) is 11.5 Å². The lowest BCUT2D eigenvalue weighted by molar-refractivity contribution is -0.883. The molecule has 1 aliphatic rings. The second kappa shape index (κ2) is 6.85. The number of aryl methyl sites for hydroxylation is 2. The van der Waals surface area contributed by atoms with Gasteiger partial charge in [0.2, 0.25) is 6.29 Å². The van der Waals surface area contributed by atoms with Crippen LogP contribution >= 0.6 is 11.3 Å². The number of fused-ring (bicyclic) bond motifs is 1. The van der Waals surface area contributed by atoms with Crippen LogP contribution in [-0.4, -0.2) is 62.2 Å². The van der Waals surface area contributed by atoms with E-state index in [1.165, 1.54) is 0 Å². The highest BCUT2D eigenvalue weighted by molar-refractivity contribution is 7.12. The van der Waals surface area contributed by atoms with Crippen LogP contribution in [0.15, 0.2) is 0 Å². The molecule has 1 N–H and O–H groups in total. The molecule has 0 amide bonds. The number of carboxylic acid groups (broad SMARTS) is 1. The van der Waals surface area contributed by atoms with Crippen LogP contribution in [0.1, 0.15) is 16.2 Å². The molecule has 0 spiro atoms. The fraction of sp³-hybridized carbons (Fsp3) is 0.667. The van der Waals surface area contributed by atoms with Crippen molar-refractivity contribution in [1.29, 1.82) is 0 Å². The standard InChI is InChI=1S/C15H23NO5S/c1-10-14-15(11(2)22-10)21-13(9-20-14)19-7-5-6-16(3,4)8-12(17)18/h13H,5-9H2,1-4H3/p+1. The number of ether oxygens (including phenoxy) is 3. The van der Waals surface area contributed by atoms with Crippen molar-refractivity contribution in [2.75, 3.05) is 40.4 Å². The van der Waals surface area contributed by atoms with Crippen LogP contribution in [0.25, 0.3) is 0 Å². The third-order valence-electron chi connectivity index (χ3n) is 3.54. The van der Waals surface area contributed by atoms with Crippen LogP contribution in [0.3, 0.4) is 0 Å². The Hall–Kier alpha value is -1.31. The van der Waals surface area contributed by atoms with E-state index in [0.717, 1.165) is 34.2 Å². The average molecular weight is 330 g/mol. The average Bonchev–Trinajstić information content (AvgIpc) is 2.68. The molecule has 0 saturated carbocycles. The molecule has 2 rings (SSSR count). The highest BCUT2D eigenvalue weighted by Crippen LogP contribution is 2.43. The van der Waals surface area contributed by atoms with Gasteiger partial charge in [-0.1, -0.05) is 0 Å². The number of likely N-dealkylation sites (N-methyl/N-ethyl adjacent to an activating group) is 1. The van der Waals surface area contributed by atoms with Crippen LogP contribution in [0.2, 0.25) is 0 Å². The van der Waals surface area contributed by atoms with E-state index in [2.05, 4.69) is 0 Å². The van der Waals surface area contributed by atoms with Gasteiger partial charge in [-0.3, -0.25) is 0 Å². The molecule has 0 aliphatic carbocycles. The van der Waals surface area contributed by atoms with Crippen molar-refractivity contribution in [1.82, 2.24) is 0 Å². The van der Waals surface area contributed by atoms with Crippen molar-refractivity contribution in [2.45, 2.75) is 26.6 Å². The molecular formula is C15H24NO5S+. The van der Waals surface area contributed by atoms with Gasteiger partial charge in [0.1, 0.15) is 0 Å². The van der Waals surface area contributed by atoms with Gasteiger partial charge in [0.15, 0.2) is 24.7 Å². The third-order valence-corrected chi connectivity index (χ3v) is 4.52. The minimum absolute atomic E-state index is 0.111. The summed E-state index contributed by atoms with van der Waals surface area (Å²) in [6.45, 7) is 5.78. The minimum atomic E-state index is -0.786. The van der Waals surface area contributed by atoms with E-state index >= 15 is 0 Å². The summed E-state index contributed by atoms with van der Waals surface area (Å²) in [7, 11) is 3.80. The molecule has 1 aliphatic heterocycles. The summed E-state index contributed by atoms with van der Waals surface area (Å²) in [6, 6.07) is 0. The van der Waals surface area contributed by atoms with Crippen molar-refractivity contribution in [3.05, 3.63) is 9.75 Å². The van der Waals surface area contributed by atoms with E-state index in [9.17, 15) is 4.79 Å². The fourth-order valence-electron chi connectivity index (χ4n) is 2.50. The molecule has 2 heterocycles. The molecule has 124 valence electrons. The topological polar surface area (TPSA) is 65.0 Å². The Morgan fingerprint density at radius 1 is 1.36 bits per heavy atom. The number of hydrogen-bond acceptors (Lipinski definition) is 5. The lowest BCUT2D eigenvalue weighted by Crippen LogP contribution is -2.45. The predicted molar refractivity (Wildman–Crippen MR) is 83.8 cm³/mol. The first-order valence-corrected chi connectivity index (χ1v) is 8.15. The molecule has 7 heteroatoms. The summed E-state index contributed by atoms with van der Waals surface area (Å²) in [5, 5.41) is 8.85. The fourth-order valence-corrected chi connectivity index (χ4v) is 3.43. The molecule has 6 nitrogen and oxygen atoms in total. The SMILES string of the molecule is Cc1sc(C)c2c1OCC(OCCC[N+](C)(C)CC(=O)O)O2. The summed E-state index contributed by atoms with van der Waals surface area (Å²) >= 11 is 1.66. The molecule has 1 aromatic rings. The first kappa shape index (κ1) is 17.1. The molecule has 1 unspecified atom stereocenters. The van der Waals surface area contributed by atoms with Crippen LogP contribution in [0.5, 0.6) is 11.5 Å². The minimum Gasteiger partial charge on any atom is -0.482 e. The Kier molecular flexibility index (Phi) is 5.31. The Labute approximate surface area is 134 Å². The summed E-state index contributed by atoms with van der Waals surface area (Å²) in [6.07, 6.45) is 0.379. The maximum Gasteiger partial charge on any atom is 0.359 e. The smallest absolute Gasteiger partial charge is 0.359 e. The zero-order chi connectivity index (χ0) is 16.3. The third kappa shape index (κ3) is 4.34. The van der Waals surface area contributed by atoms with E-state index in [1.807, 2.05) is 27.9 Å². The van der Waals surface area contributed by atoms with E-state index < -0.39 is 12.3 Å². The maximum absolute atomic E-state index is 10.8. The summed E-state index contributed by atoms with van der Waals surface area (Å²) < 4.78 is 17.7. The predicted octanol–water partition coefficient (Wildman–Crippen LogP) is 2.03. The molecular weight excluding hydrogens is 306 g/mol. The van der Waals surface area contributed by atoms with Gasteiger partial charge >= 0.3 is 5.97 Å². The van der Waals surface area contributed by atoms with E-state index in [4.69, 9.17) is 19.3 Å². The maximum atomic E-state index is 10.8. The lowest BCUT2D eigenvalue weighted by Gasteiger charge is -2.29. The first-order valence-electron chi connectivity index (χ1n) is 7.33. The van der Waals surface area contributed by atoms with Crippen molar-refractivity contribution >= 4 is 17.3 Å². The highest BCUT2D eigenvalue weighted by atomic mass is 32.1. The number of carboxylic acids is 1. The Bertz CT molecular complexity index is 540. The van der Waals surface area contributed by atoms with Crippen molar-refractivity contribution in [2.24, 2.45) is 0 Å². The van der Waals surface area contributed by atoms with E-state index in [-0.39, 0.29) is 6.54 Å². The summed E-state index contributed by atoms with van der Waals surface area (Å²) in [4.78, 5) is 13.0. The zero-order valence-corrected chi connectivity index (χ0v) is 14.4. The summed E-state index contributed by atoms with van der Waals surface area (Å²) in [5.41, 5.74) is 0. The number of aliphatic carboxylic acids is 1. The first-order chi connectivity index (χ1) is 10.3. The molecule has 22 heavy (non-hydrogen) atoms. The van der Waals surface area contributed by atoms with Gasteiger partial charge in [-0.15, -0.1) is 11.3 Å². The number of hydrogen-bond donors (Lipinski definition) is 1. The summed E-state index contributed by atoms with van der Waals surface area (Å²) in [5.74, 6) is 0.841. The van der Waals surface area contributed by atoms with Gasteiger partial charge in [0.25, 0.3) is 0 Å². The normalized spacial score (nSPS) is 17.5. The monoisotopic (exact) mass is 330 g/mol. The van der Waals surface area contributed by atoms with Crippen molar-refractivity contribution in [3.63, 3.8) is 0 Å². The Morgan fingerprint density at radius 3 is 2.73 bits per heavy atom. The second-order valence-corrected chi connectivity index (χ2v) is 7.60. The molecule has 0 saturated heterocycles. The molecule has 0 fully saturated rings. The number of thiophene rings is 1. The quantitative estimate of drug-likeness (QED) is 0.612. The number of rotatable bonds is 7. The van der Waals surface area contributed by atoms with Gasteiger partial charge in [-0.2, -0.15) is 0 Å². The van der Waals surface area contributed by atoms with Gasteiger partial charge in [-0.25, -0.2) is 4.79 Å². The highest BCUT2D eigenvalue weighted by Gasteiger charge is 2.27. The van der Waals surface area contributed by atoms with Gasteiger partial charge in [0.05, 0.1) is 27.2 Å². The molecule has 1 aromatic heterocycles. The molecule has 0 radical (unpaired) electrons. The Balaban J connectivity index is 1.75. The number of nitrogens with zero attached hydrogens (tertiary/aromatic N) is 1. The van der Waals surface area contributed by atoms with Crippen LogP contribution < -0.4 is 9.47 Å². The molecule has 0 bridgehead atoms. The largest absolute Gasteiger partial charge is 0.482 e. The van der Waals surface area contributed by atoms with E-state index in [0.29, 0.717) is 17.7 Å². The van der Waals surface area contributed by atoms with Crippen LogP contribution in [0.4, 0.5) is 0 Å². The Morgan fingerprint density at radius 2 is 2.05 bits per heavy atom. The number of quaternary nitrogens is 1. The van der Waals surface area contributed by atoms with Gasteiger partial charge in [-0.05, 0) is 13.8 Å². The lowest BCUT2D eigenvalue weighted by atomic mass is 10.3. The van der Waals surface area contributed by atoms with Crippen LogP contribution in [0, 0.1) is 13.8 Å². The second-order valence-electron chi connectivity index (χ2n) is 6.17. The molecule has 0 aromatic carbocycles. The zero-order valence-electron chi connectivity index (χ0n) is 13.5. The number of carbonyl (C=O) groups is 1. The van der Waals surface area contributed by atoms with Gasteiger partial charge in [0, 0.05) is 16.2 Å². The van der Waals surface area contributed by atoms with Crippen molar-refractivity contribution < 1.29 is 28.6 Å². The molecule has 1 atom stereocenters. The van der Waals surface area contributed by atoms with E-state index in [1.54, 1.807) is 11.3 Å². The van der Waals surface area contributed by atoms with Gasteiger partial charge < -0.3 is 23.8 Å².